The van der Waals surface area contributed by atoms with Crippen LogP contribution in [0.15, 0.2) is 51.9 Å². The van der Waals surface area contributed by atoms with Gasteiger partial charge in [0.1, 0.15) is 18.0 Å². The smallest absolute Gasteiger partial charge is 0.255 e. The van der Waals surface area contributed by atoms with Crippen molar-refractivity contribution >= 4 is 5.91 Å². The summed E-state index contributed by atoms with van der Waals surface area (Å²) in [6.07, 6.45) is 4.45. The second-order valence-corrected chi connectivity index (χ2v) is 4.38. The first-order chi connectivity index (χ1) is 10.2. The molecule has 1 atom stereocenters. The van der Waals surface area contributed by atoms with Crippen LogP contribution in [0.4, 0.5) is 0 Å². The van der Waals surface area contributed by atoms with Crippen molar-refractivity contribution < 1.29 is 13.7 Å². The van der Waals surface area contributed by atoms with Gasteiger partial charge in [-0.05, 0) is 25.1 Å². The van der Waals surface area contributed by atoms with Crippen LogP contribution in [0.2, 0.25) is 0 Å². The van der Waals surface area contributed by atoms with Crippen molar-refractivity contribution in [1.82, 2.24) is 20.4 Å². The molecular formula is C14H12N4O3. The van der Waals surface area contributed by atoms with Gasteiger partial charge in [-0.15, -0.1) is 0 Å². The molecule has 0 fully saturated rings. The maximum Gasteiger partial charge on any atom is 0.255 e. The summed E-state index contributed by atoms with van der Waals surface area (Å²) in [5.74, 6) is 0.427. The number of hydrogen-bond acceptors (Lipinski definition) is 6. The van der Waals surface area contributed by atoms with Gasteiger partial charge in [-0.3, -0.25) is 9.78 Å². The minimum absolute atomic E-state index is 0.270. The first-order valence-corrected chi connectivity index (χ1v) is 6.32. The fraction of sp³-hybridized carbons (Fsp3) is 0.143. The highest BCUT2D eigenvalue weighted by Crippen LogP contribution is 2.16. The molecule has 0 bridgehead atoms. The third kappa shape index (κ3) is 2.81. The molecule has 7 heteroatoms. The summed E-state index contributed by atoms with van der Waals surface area (Å²) in [7, 11) is 0. The van der Waals surface area contributed by atoms with Crippen LogP contribution in [-0.2, 0) is 0 Å². The van der Waals surface area contributed by atoms with E-state index in [0.29, 0.717) is 23.0 Å². The van der Waals surface area contributed by atoms with Gasteiger partial charge in [-0.25, -0.2) is 0 Å². The van der Waals surface area contributed by atoms with E-state index in [4.69, 9.17) is 8.94 Å². The van der Waals surface area contributed by atoms with Crippen LogP contribution < -0.4 is 5.32 Å². The molecule has 3 rings (SSSR count). The SMILES string of the molecule is C[C@@H](NC(=O)c1ccoc1)c1nc(-c2ccccn2)no1. The van der Waals surface area contributed by atoms with Crippen LogP contribution in [0.25, 0.3) is 11.5 Å². The number of nitrogens with one attached hydrogen (secondary N) is 1. The third-order valence-electron chi connectivity index (χ3n) is 2.84. The Balaban J connectivity index is 1.73. The maximum absolute atomic E-state index is 11.9. The Morgan fingerprint density at radius 2 is 2.24 bits per heavy atom. The number of rotatable bonds is 4. The van der Waals surface area contributed by atoms with E-state index in [1.54, 1.807) is 31.3 Å². The number of hydrogen-bond donors (Lipinski definition) is 1. The van der Waals surface area contributed by atoms with Crippen molar-refractivity contribution in [2.75, 3.05) is 0 Å². The predicted octanol–water partition coefficient (Wildman–Crippen LogP) is 2.22. The maximum atomic E-state index is 11.9. The zero-order valence-corrected chi connectivity index (χ0v) is 11.2. The Hall–Kier alpha value is -2.96. The summed E-state index contributed by atoms with van der Waals surface area (Å²) >= 11 is 0. The molecule has 0 saturated heterocycles. The summed E-state index contributed by atoms with van der Waals surface area (Å²) in [6, 6.07) is 6.58. The van der Waals surface area contributed by atoms with Crippen molar-refractivity contribution in [1.29, 1.82) is 0 Å². The summed E-state index contributed by atoms with van der Waals surface area (Å²) in [4.78, 5) is 20.3. The lowest BCUT2D eigenvalue weighted by atomic mass is 10.2. The highest BCUT2D eigenvalue weighted by molar-refractivity contribution is 5.93. The molecule has 0 aliphatic rings. The zero-order valence-electron chi connectivity index (χ0n) is 11.2. The van der Waals surface area contributed by atoms with Gasteiger partial charge in [0.15, 0.2) is 0 Å². The second kappa shape index (κ2) is 5.58. The van der Waals surface area contributed by atoms with Gasteiger partial charge in [0.2, 0.25) is 11.7 Å². The third-order valence-corrected chi connectivity index (χ3v) is 2.84. The molecule has 3 aromatic heterocycles. The Bertz CT molecular complexity index is 722. The lowest BCUT2D eigenvalue weighted by molar-refractivity contribution is 0.0932. The van der Waals surface area contributed by atoms with Crippen molar-refractivity contribution in [3.8, 4) is 11.5 Å². The van der Waals surface area contributed by atoms with Crippen molar-refractivity contribution in [2.24, 2.45) is 0 Å². The summed E-state index contributed by atoms with van der Waals surface area (Å²) < 4.78 is 10.0. The van der Waals surface area contributed by atoms with E-state index in [1.165, 1.54) is 12.5 Å². The van der Waals surface area contributed by atoms with E-state index in [1.807, 2.05) is 6.07 Å². The fourth-order valence-electron chi connectivity index (χ4n) is 1.75. The van der Waals surface area contributed by atoms with E-state index < -0.39 is 6.04 Å². The number of amides is 1. The first-order valence-electron chi connectivity index (χ1n) is 6.32. The Kier molecular flexibility index (Phi) is 3.46. The molecule has 1 amide bonds. The normalized spacial score (nSPS) is 12.0. The van der Waals surface area contributed by atoms with E-state index in [-0.39, 0.29) is 5.91 Å². The van der Waals surface area contributed by atoms with E-state index in [9.17, 15) is 4.79 Å². The molecule has 0 aromatic carbocycles. The van der Waals surface area contributed by atoms with Crippen molar-refractivity contribution in [3.63, 3.8) is 0 Å². The van der Waals surface area contributed by atoms with Crippen LogP contribution >= 0.6 is 0 Å². The standard InChI is InChI=1S/C14H12N4O3/c1-9(16-13(19)10-5-7-20-8-10)14-17-12(18-21-14)11-4-2-3-6-15-11/h2-9H,1H3,(H,16,19)/t9-/m1/s1. The van der Waals surface area contributed by atoms with Gasteiger partial charge in [-0.1, -0.05) is 11.2 Å². The highest BCUT2D eigenvalue weighted by Gasteiger charge is 2.18. The van der Waals surface area contributed by atoms with Gasteiger partial charge < -0.3 is 14.3 Å². The van der Waals surface area contributed by atoms with E-state index >= 15 is 0 Å². The Morgan fingerprint density at radius 3 is 2.95 bits per heavy atom. The topological polar surface area (TPSA) is 94.1 Å². The Morgan fingerprint density at radius 1 is 1.33 bits per heavy atom. The van der Waals surface area contributed by atoms with Crippen LogP contribution in [-0.4, -0.2) is 21.0 Å². The highest BCUT2D eigenvalue weighted by atomic mass is 16.5. The monoisotopic (exact) mass is 284 g/mol. The van der Waals surface area contributed by atoms with Crippen LogP contribution in [0.1, 0.15) is 29.2 Å². The van der Waals surface area contributed by atoms with Gasteiger partial charge >= 0.3 is 0 Å². The quantitative estimate of drug-likeness (QED) is 0.789. The van der Waals surface area contributed by atoms with Gasteiger partial charge in [-0.2, -0.15) is 4.98 Å². The van der Waals surface area contributed by atoms with Crippen LogP contribution in [0.3, 0.4) is 0 Å². The summed E-state index contributed by atoms with van der Waals surface area (Å²) in [5, 5.41) is 6.61. The first kappa shape index (κ1) is 13.0. The fourth-order valence-corrected chi connectivity index (χ4v) is 1.75. The van der Waals surface area contributed by atoms with Crippen molar-refractivity contribution in [3.05, 3.63) is 54.4 Å². The minimum atomic E-state index is -0.419. The Labute approximate surface area is 120 Å². The summed E-state index contributed by atoms with van der Waals surface area (Å²) in [5.41, 5.74) is 1.05. The molecule has 3 aromatic rings. The van der Waals surface area contributed by atoms with Gasteiger partial charge in [0.05, 0.1) is 11.8 Å². The molecule has 0 unspecified atom stereocenters. The van der Waals surface area contributed by atoms with E-state index in [0.717, 1.165) is 0 Å². The molecule has 0 spiro atoms. The molecule has 3 heterocycles. The molecular weight excluding hydrogens is 272 g/mol. The number of aromatic nitrogens is 3. The molecule has 0 radical (unpaired) electrons. The molecule has 1 N–H and O–H groups in total. The summed E-state index contributed by atoms with van der Waals surface area (Å²) in [6.45, 7) is 1.76. The van der Waals surface area contributed by atoms with Crippen molar-refractivity contribution in [2.45, 2.75) is 13.0 Å². The van der Waals surface area contributed by atoms with Crippen LogP contribution in [0, 0.1) is 0 Å². The second-order valence-electron chi connectivity index (χ2n) is 4.38. The molecule has 7 nitrogen and oxygen atoms in total. The number of nitrogens with zero attached hydrogens (tertiary/aromatic N) is 3. The largest absolute Gasteiger partial charge is 0.472 e. The molecule has 0 aliphatic carbocycles. The van der Waals surface area contributed by atoms with E-state index in [2.05, 4.69) is 20.4 Å². The number of carbonyl (C=O) groups excluding carboxylic acids is 1. The van der Waals surface area contributed by atoms with Crippen LogP contribution in [0.5, 0.6) is 0 Å². The average Bonchev–Trinajstić information content (AvgIpc) is 3.20. The average molecular weight is 284 g/mol. The number of carbonyl (C=O) groups is 1. The minimum Gasteiger partial charge on any atom is -0.472 e. The molecule has 21 heavy (non-hydrogen) atoms. The lowest BCUT2D eigenvalue weighted by Gasteiger charge is -2.07. The van der Waals surface area contributed by atoms with Gasteiger partial charge in [0.25, 0.3) is 5.91 Å². The number of furan rings is 1. The zero-order chi connectivity index (χ0) is 14.7. The lowest BCUT2D eigenvalue weighted by Crippen LogP contribution is -2.26. The van der Waals surface area contributed by atoms with Gasteiger partial charge in [0, 0.05) is 6.20 Å². The molecule has 0 aliphatic heterocycles. The molecule has 0 saturated carbocycles. The predicted molar refractivity (Wildman–Crippen MR) is 72.1 cm³/mol. The molecule has 106 valence electrons. The number of pyridine rings is 1.